The Morgan fingerprint density at radius 2 is 1.64 bits per heavy atom. The van der Waals surface area contributed by atoms with E-state index < -0.39 is 0 Å². The number of piperidine rings is 1. The molecule has 28 heavy (non-hydrogen) atoms. The van der Waals surface area contributed by atoms with Gasteiger partial charge in [0.15, 0.2) is 0 Å². The van der Waals surface area contributed by atoms with Gasteiger partial charge in [0, 0.05) is 44.1 Å². The van der Waals surface area contributed by atoms with Gasteiger partial charge in [-0.25, -0.2) is 0 Å². The molecule has 2 amide bonds. The van der Waals surface area contributed by atoms with E-state index in [1.807, 2.05) is 22.4 Å². The molecule has 4 rings (SSSR count). The van der Waals surface area contributed by atoms with E-state index in [1.54, 1.807) is 11.3 Å². The minimum absolute atomic E-state index is 0.0372. The molecule has 3 aliphatic rings. The lowest BCUT2D eigenvalue weighted by molar-refractivity contribution is -0.142. The number of hydrogen-bond acceptors (Lipinski definition) is 4. The second kappa shape index (κ2) is 9.40. The summed E-state index contributed by atoms with van der Waals surface area (Å²) in [5.41, 5.74) is 0. The van der Waals surface area contributed by atoms with Crippen LogP contribution in [-0.2, 0) is 16.0 Å². The van der Waals surface area contributed by atoms with Gasteiger partial charge in [0.05, 0.1) is 12.5 Å². The number of carbonyl (C=O) groups excluding carboxylic acids is 2. The molecule has 0 N–H and O–H groups in total. The number of rotatable bonds is 5. The molecule has 0 radical (unpaired) electrons. The average Bonchev–Trinajstić information content (AvgIpc) is 3.44. The number of amides is 2. The van der Waals surface area contributed by atoms with Crippen LogP contribution < -0.4 is 0 Å². The van der Waals surface area contributed by atoms with Crippen molar-refractivity contribution >= 4 is 23.2 Å². The molecule has 0 bridgehead atoms. The molecule has 1 aromatic rings. The van der Waals surface area contributed by atoms with Gasteiger partial charge in [-0.05, 0) is 49.5 Å². The normalized spacial score (nSPS) is 23.1. The minimum atomic E-state index is 0.0372. The predicted octanol–water partition coefficient (Wildman–Crippen LogP) is 3.01. The molecule has 154 valence electrons. The quantitative estimate of drug-likeness (QED) is 0.759. The maximum absolute atomic E-state index is 13.4. The summed E-state index contributed by atoms with van der Waals surface area (Å²) >= 11 is 1.65. The van der Waals surface area contributed by atoms with Gasteiger partial charge in [0.25, 0.3) is 0 Å². The molecule has 3 fully saturated rings. The van der Waals surface area contributed by atoms with Gasteiger partial charge in [-0.1, -0.05) is 18.9 Å². The van der Waals surface area contributed by atoms with Crippen LogP contribution in [0, 0.1) is 5.92 Å². The van der Waals surface area contributed by atoms with E-state index in [9.17, 15) is 9.59 Å². The lowest BCUT2D eigenvalue weighted by Gasteiger charge is -2.43. The van der Waals surface area contributed by atoms with E-state index in [4.69, 9.17) is 0 Å². The highest BCUT2D eigenvalue weighted by Gasteiger charge is 2.39. The molecule has 1 atom stereocenters. The van der Waals surface area contributed by atoms with Crippen LogP contribution in [0.3, 0.4) is 0 Å². The molecule has 3 heterocycles. The summed E-state index contributed by atoms with van der Waals surface area (Å²) in [5.74, 6) is 1.09. The van der Waals surface area contributed by atoms with Crippen LogP contribution in [-0.4, -0.2) is 71.8 Å². The molecule has 2 aliphatic heterocycles. The van der Waals surface area contributed by atoms with E-state index in [1.165, 1.54) is 32.1 Å². The molecular formula is C22H33N3O2S. The standard InChI is InChI=1S/C22H33N3O2S/c26-20(17-19-9-6-16-28-19)23-12-14-24(15-13-23)21(18-7-2-3-8-18)22(27)25-10-4-1-5-11-25/h6,9,16,18,21H,1-5,7-8,10-15,17H2. The van der Waals surface area contributed by atoms with Crippen molar-refractivity contribution in [1.29, 1.82) is 0 Å². The zero-order chi connectivity index (χ0) is 19.3. The van der Waals surface area contributed by atoms with Crippen LogP contribution in [0.5, 0.6) is 0 Å². The Balaban J connectivity index is 1.37. The number of nitrogens with zero attached hydrogens (tertiary/aromatic N) is 3. The fourth-order valence-corrected chi connectivity index (χ4v) is 5.85. The third-order valence-corrected chi connectivity index (χ3v) is 7.61. The lowest BCUT2D eigenvalue weighted by atomic mass is 9.93. The van der Waals surface area contributed by atoms with E-state index in [2.05, 4.69) is 9.80 Å². The van der Waals surface area contributed by atoms with Gasteiger partial charge in [0.2, 0.25) is 11.8 Å². The summed E-state index contributed by atoms with van der Waals surface area (Å²) in [6.07, 6.45) is 8.94. The number of piperazine rings is 1. The van der Waals surface area contributed by atoms with Crippen molar-refractivity contribution in [2.24, 2.45) is 5.92 Å². The van der Waals surface area contributed by atoms with E-state index >= 15 is 0 Å². The molecule has 0 aromatic carbocycles. The predicted molar refractivity (Wildman–Crippen MR) is 112 cm³/mol. The maximum Gasteiger partial charge on any atom is 0.240 e. The zero-order valence-electron chi connectivity index (χ0n) is 16.9. The number of thiophene rings is 1. The first kappa shape index (κ1) is 19.9. The highest BCUT2D eigenvalue weighted by Crippen LogP contribution is 2.32. The largest absolute Gasteiger partial charge is 0.341 e. The van der Waals surface area contributed by atoms with Crippen LogP contribution in [0.15, 0.2) is 17.5 Å². The maximum atomic E-state index is 13.4. The van der Waals surface area contributed by atoms with Crippen molar-refractivity contribution in [1.82, 2.24) is 14.7 Å². The van der Waals surface area contributed by atoms with Gasteiger partial charge in [0.1, 0.15) is 0 Å². The highest BCUT2D eigenvalue weighted by atomic mass is 32.1. The first-order chi connectivity index (χ1) is 13.7. The smallest absolute Gasteiger partial charge is 0.240 e. The Hall–Kier alpha value is -1.40. The van der Waals surface area contributed by atoms with Gasteiger partial charge >= 0.3 is 0 Å². The fraction of sp³-hybridized carbons (Fsp3) is 0.727. The topological polar surface area (TPSA) is 43.9 Å². The molecule has 0 spiro atoms. The molecule has 5 nitrogen and oxygen atoms in total. The summed E-state index contributed by atoms with van der Waals surface area (Å²) < 4.78 is 0. The third-order valence-electron chi connectivity index (χ3n) is 6.73. The van der Waals surface area contributed by atoms with Crippen LogP contribution >= 0.6 is 11.3 Å². The fourth-order valence-electron chi connectivity index (χ4n) is 5.15. The number of hydrogen-bond donors (Lipinski definition) is 0. The van der Waals surface area contributed by atoms with E-state index in [0.29, 0.717) is 18.2 Å². The van der Waals surface area contributed by atoms with Crippen LogP contribution in [0.2, 0.25) is 0 Å². The molecule has 2 saturated heterocycles. The minimum Gasteiger partial charge on any atom is -0.341 e. The Bertz CT molecular complexity index is 643. The summed E-state index contributed by atoms with van der Waals surface area (Å²) in [6, 6.07) is 4.07. The van der Waals surface area contributed by atoms with Gasteiger partial charge in [-0.2, -0.15) is 0 Å². The second-order valence-electron chi connectivity index (χ2n) is 8.55. The Morgan fingerprint density at radius 3 is 2.29 bits per heavy atom. The van der Waals surface area contributed by atoms with Crippen molar-refractivity contribution in [3.63, 3.8) is 0 Å². The summed E-state index contributed by atoms with van der Waals surface area (Å²) in [4.78, 5) is 33.7. The molecule has 6 heteroatoms. The van der Waals surface area contributed by atoms with Crippen LogP contribution in [0.25, 0.3) is 0 Å². The third kappa shape index (κ3) is 4.60. The summed E-state index contributed by atoms with van der Waals surface area (Å²) in [5, 5.41) is 2.03. The first-order valence-corrected chi connectivity index (χ1v) is 11.9. The first-order valence-electron chi connectivity index (χ1n) is 11.1. The summed E-state index contributed by atoms with van der Waals surface area (Å²) in [7, 11) is 0. The Kier molecular flexibility index (Phi) is 6.68. The van der Waals surface area contributed by atoms with Crippen molar-refractivity contribution < 1.29 is 9.59 Å². The van der Waals surface area contributed by atoms with Gasteiger partial charge in [-0.3, -0.25) is 14.5 Å². The molecular weight excluding hydrogens is 370 g/mol. The Morgan fingerprint density at radius 1 is 0.929 bits per heavy atom. The monoisotopic (exact) mass is 403 g/mol. The van der Waals surface area contributed by atoms with Crippen molar-refractivity contribution in [2.75, 3.05) is 39.3 Å². The van der Waals surface area contributed by atoms with Gasteiger partial charge in [-0.15, -0.1) is 11.3 Å². The average molecular weight is 404 g/mol. The molecule has 1 saturated carbocycles. The van der Waals surface area contributed by atoms with Crippen LogP contribution in [0.4, 0.5) is 0 Å². The SMILES string of the molecule is O=C(Cc1cccs1)N1CCN(C(C(=O)N2CCCCC2)C2CCCC2)CC1. The van der Waals surface area contributed by atoms with Crippen molar-refractivity contribution in [3.8, 4) is 0 Å². The van der Waals surface area contributed by atoms with E-state index in [-0.39, 0.29) is 11.9 Å². The van der Waals surface area contributed by atoms with Crippen molar-refractivity contribution in [3.05, 3.63) is 22.4 Å². The summed E-state index contributed by atoms with van der Waals surface area (Å²) in [6.45, 7) is 5.03. The molecule has 1 aromatic heterocycles. The van der Waals surface area contributed by atoms with Crippen LogP contribution in [0.1, 0.15) is 49.8 Å². The van der Waals surface area contributed by atoms with Gasteiger partial charge < -0.3 is 9.80 Å². The molecule has 1 aliphatic carbocycles. The Labute approximate surface area is 172 Å². The number of carbonyl (C=O) groups is 2. The lowest BCUT2D eigenvalue weighted by Crippen LogP contribution is -2.59. The van der Waals surface area contributed by atoms with Crippen molar-refractivity contribution in [2.45, 2.75) is 57.4 Å². The highest BCUT2D eigenvalue weighted by molar-refractivity contribution is 7.10. The van der Waals surface area contributed by atoms with E-state index in [0.717, 1.165) is 57.0 Å². The number of likely N-dealkylation sites (tertiary alicyclic amines) is 1. The second-order valence-corrected chi connectivity index (χ2v) is 9.58. The zero-order valence-corrected chi connectivity index (χ0v) is 17.7. The molecule has 1 unspecified atom stereocenters.